The van der Waals surface area contributed by atoms with Crippen LogP contribution in [-0.2, 0) is 13.6 Å². The summed E-state index contributed by atoms with van der Waals surface area (Å²) in [6.07, 6.45) is 11.0. The fourth-order valence-corrected chi connectivity index (χ4v) is 3.87. The van der Waals surface area contributed by atoms with E-state index in [-0.39, 0.29) is 17.8 Å². The maximum absolute atomic E-state index is 14.5. The highest BCUT2D eigenvalue weighted by atomic mass is 19.1. The minimum absolute atomic E-state index is 0.183. The second-order valence-electron chi connectivity index (χ2n) is 7.14. The predicted molar refractivity (Wildman–Crippen MR) is 98.5 cm³/mol. The summed E-state index contributed by atoms with van der Waals surface area (Å²) in [5.74, 6) is -0.543. The van der Waals surface area contributed by atoms with Crippen LogP contribution in [0.3, 0.4) is 0 Å². The van der Waals surface area contributed by atoms with Crippen molar-refractivity contribution in [2.24, 2.45) is 7.05 Å². The van der Waals surface area contributed by atoms with Gasteiger partial charge in [-0.3, -0.25) is 9.48 Å². The molecule has 1 aliphatic rings. The van der Waals surface area contributed by atoms with Crippen LogP contribution in [-0.4, -0.2) is 26.3 Å². The Balaban J connectivity index is 1.68. The van der Waals surface area contributed by atoms with Crippen LogP contribution in [0.15, 0.2) is 36.8 Å². The van der Waals surface area contributed by atoms with Gasteiger partial charge in [0.15, 0.2) is 0 Å². The van der Waals surface area contributed by atoms with Gasteiger partial charge in [0.2, 0.25) is 0 Å². The Bertz CT molecular complexity index is 937. The first kappa shape index (κ1) is 16.8. The Hall–Kier alpha value is -2.63. The molecule has 1 aromatic carbocycles. The third-order valence-corrected chi connectivity index (χ3v) is 5.15. The summed E-state index contributed by atoms with van der Waals surface area (Å²) in [6.45, 7) is 0.546. The number of rotatable bonds is 4. The van der Waals surface area contributed by atoms with Crippen LogP contribution in [0.1, 0.15) is 48.0 Å². The zero-order valence-corrected chi connectivity index (χ0v) is 14.9. The van der Waals surface area contributed by atoms with Gasteiger partial charge >= 0.3 is 0 Å². The Morgan fingerprint density at radius 2 is 2.08 bits per heavy atom. The summed E-state index contributed by atoms with van der Waals surface area (Å²) in [5, 5.41) is 7.67. The maximum Gasteiger partial charge on any atom is 0.253 e. The van der Waals surface area contributed by atoms with Crippen molar-refractivity contribution in [3.63, 3.8) is 0 Å². The summed E-state index contributed by atoms with van der Waals surface area (Å²) >= 11 is 0. The predicted octanol–water partition coefficient (Wildman–Crippen LogP) is 3.62. The van der Waals surface area contributed by atoms with Crippen LogP contribution in [0, 0.1) is 5.82 Å². The van der Waals surface area contributed by atoms with Gasteiger partial charge in [-0.2, -0.15) is 5.10 Å². The number of hydrogen-bond acceptors (Lipinski definition) is 2. The molecule has 1 aliphatic carbocycles. The second-order valence-corrected chi connectivity index (χ2v) is 7.14. The number of halogens is 1. The zero-order chi connectivity index (χ0) is 18.1. The number of aryl methyl sites for hydroxylation is 1. The van der Waals surface area contributed by atoms with Crippen LogP contribution in [0.2, 0.25) is 0 Å². The van der Waals surface area contributed by atoms with Gasteiger partial charge in [-0.25, -0.2) is 4.39 Å². The topological polar surface area (TPSA) is 51.9 Å². The lowest BCUT2D eigenvalue weighted by Crippen LogP contribution is -2.36. The molecule has 6 heteroatoms. The lowest BCUT2D eigenvalue weighted by Gasteiger charge is -2.22. The van der Waals surface area contributed by atoms with E-state index in [0.717, 1.165) is 36.8 Å². The van der Waals surface area contributed by atoms with Crippen molar-refractivity contribution >= 4 is 16.8 Å². The largest absolute Gasteiger partial charge is 0.349 e. The van der Waals surface area contributed by atoms with E-state index in [1.54, 1.807) is 23.1 Å². The average molecular weight is 354 g/mol. The molecule has 0 bridgehead atoms. The fraction of sp³-hybridized carbons (Fsp3) is 0.400. The molecule has 0 radical (unpaired) electrons. The fourth-order valence-electron chi connectivity index (χ4n) is 3.87. The molecular formula is C20H23FN4O. The molecule has 1 amide bonds. The van der Waals surface area contributed by atoms with Gasteiger partial charge in [0.1, 0.15) is 5.82 Å². The second kappa shape index (κ2) is 6.94. The first-order chi connectivity index (χ1) is 12.6. The smallest absolute Gasteiger partial charge is 0.253 e. The molecule has 136 valence electrons. The third kappa shape index (κ3) is 3.23. The lowest BCUT2D eigenvalue weighted by atomic mass is 9.95. The molecule has 0 aliphatic heterocycles. The number of fused-ring (bicyclic) bond motifs is 1. The van der Waals surface area contributed by atoms with E-state index < -0.39 is 0 Å². The molecule has 2 heterocycles. The number of hydrogen-bond donors (Lipinski definition) is 1. The van der Waals surface area contributed by atoms with E-state index in [0.29, 0.717) is 17.5 Å². The summed E-state index contributed by atoms with van der Waals surface area (Å²) in [7, 11) is 1.86. The van der Waals surface area contributed by atoms with Crippen molar-refractivity contribution in [1.82, 2.24) is 19.7 Å². The number of carbonyl (C=O) groups is 1. The van der Waals surface area contributed by atoms with Gasteiger partial charge in [-0.05, 0) is 25.0 Å². The molecule has 1 fully saturated rings. The van der Waals surface area contributed by atoms with Gasteiger partial charge in [0.25, 0.3) is 5.91 Å². The minimum atomic E-state index is -0.360. The molecule has 1 N–H and O–H groups in total. The quantitative estimate of drug-likeness (QED) is 0.778. The highest BCUT2D eigenvalue weighted by Gasteiger charge is 2.22. The van der Waals surface area contributed by atoms with Crippen LogP contribution >= 0.6 is 0 Å². The highest BCUT2D eigenvalue weighted by molar-refractivity contribution is 6.07. The summed E-state index contributed by atoms with van der Waals surface area (Å²) < 4.78 is 18.2. The number of aromatic nitrogens is 3. The van der Waals surface area contributed by atoms with Gasteiger partial charge in [-0.15, -0.1) is 0 Å². The molecule has 5 nitrogen and oxygen atoms in total. The summed E-state index contributed by atoms with van der Waals surface area (Å²) in [5.41, 5.74) is 2.14. The first-order valence-electron chi connectivity index (χ1n) is 9.17. The van der Waals surface area contributed by atoms with Gasteiger partial charge < -0.3 is 9.88 Å². The van der Waals surface area contributed by atoms with Crippen LogP contribution in [0.25, 0.3) is 10.9 Å². The Labute approximate surface area is 151 Å². The van der Waals surface area contributed by atoms with Crippen molar-refractivity contribution in [1.29, 1.82) is 0 Å². The van der Waals surface area contributed by atoms with Gasteiger partial charge in [0, 0.05) is 36.4 Å². The summed E-state index contributed by atoms with van der Waals surface area (Å²) in [6, 6.07) is 5.14. The number of amides is 1. The van der Waals surface area contributed by atoms with Gasteiger partial charge in [0.05, 0.1) is 23.8 Å². The lowest BCUT2D eigenvalue weighted by molar-refractivity contribution is 0.0929. The van der Waals surface area contributed by atoms with Crippen LogP contribution in [0.5, 0.6) is 0 Å². The normalized spacial score (nSPS) is 15.5. The minimum Gasteiger partial charge on any atom is -0.349 e. The van der Waals surface area contributed by atoms with E-state index in [4.69, 9.17) is 0 Å². The highest BCUT2D eigenvalue weighted by Crippen LogP contribution is 2.26. The van der Waals surface area contributed by atoms with Crippen molar-refractivity contribution in [3.8, 4) is 0 Å². The molecule has 0 saturated heterocycles. The number of nitrogens with one attached hydrogen (secondary N) is 1. The van der Waals surface area contributed by atoms with Crippen molar-refractivity contribution in [3.05, 3.63) is 53.7 Å². The van der Waals surface area contributed by atoms with E-state index in [1.165, 1.54) is 12.5 Å². The molecule has 0 atom stereocenters. The molecule has 0 unspecified atom stereocenters. The van der Waals surface area contributed by atoms with E-state index >= 15 is 0 Å². The van der Waals surface area contributed by atoms with Crippen molar-refractivity contribution in [2.75, 3.05) is 0 Å². The average Bonchev–Trinajstić information content (AvgIpc) is 3.21. The molecule has 2 aromatic heterocycles. The van der Waals surface area contributed by atoms with E-state index in [9.17, 15) is 9.18 Å². The Morgan fingerprint density at radius 1 is 1.27 bits per heavy atom. The standard InChI is InChI=1S/C20H23FN4O/c1-24-11-14(10-22-24)12-25-13-16(19-17(21)8-5-9-18(19)25)20(26)23-15-6-3-2-4-7-15/h5,8-11,13,15H,2-4,6-7,12H2,1H3,(H,23,26). The van der Waals surface area contributed by atoms with E-state index in [1.807, 2.05) is 23.9 Å². The number of nitrogens with zero attached hydrogens (tertiary/aromatic N) is 3. The number of benzene rings is 1. The molecule has 4 rings (SSSR count). The zero-order valence-electron chi connectivity index (χ0n) is 14.9. The molecule has 26 heavy (non-hydrogen) atoms. The maximum atomic E-state index is 14.5. The van der Waals surface area contributed by atoms with Crippen molar-refractivity contribution in [2.45, 2.75) is 44.7 Å². The van der Waals surface area contributed by atoms with Crippen LogP contribution < -0.4 is 5.32 Å². The monoisotopic (exact) mass is 354 g/mol. The Kier molecular flexibility index (Phi) is 4.49. The first-order valence-corrected chi connectivity index (χ1v) is 9.17. The molecule has 1 saturated carbocycles. The molecule has 3 aromatic rings. The third-order valence-electron chi connectivity index (χ3n) is 5.15. The number of carbonyl (C=O) groups excluding carboxylic acids is 1. The van der Waals surface area contributed by atoms with E-state index in [2.05, 4.69) is 10.4 Å². The van der Waals surface area contributed by atoms with Gasteiger partial charge in [-0.1, -0.05) is 25.3 Å². The SMILES string of the molecule is Cn1cc(Cn2cc(C(=O)NC3CCCCC3)c3c(F)cccc32)cn1. The Morgan fingerprint density at radius 3 is 2.81 bits per heavy atom. The van der Waals surface area contributed by atoms with Crippen LogP contribution in [0.4, 0.5) is 4.39 Å². The molecular weight excluding hydrogens is 331 g/mol. The summed E-state index contributed by atoms with van der Waals surface area (Å²) in [4.78, 5) is 12.8. The van der Waals surface area contributed by atoms with Crippen molar-refractivity contribution < 1.29 is 9.18 Å². The molecule has 0 spiro atoms.